The van der Waals surface area contributed by atoms with Crippen molar-refractivity contribution in [2.24, 2.45) is 0 Å². The number of nitrogens with one attached hydrogen (secondary N) is 2. The summed E-state index contributed by atoms with van der Waals surface area (Å²) < 4.78 is 53.7. The number of rotatable bonds is 6. The zero-order chi connectivity index (χ0) is 28.8. The quantitative estimate of drug-likeness (QED) is 0.308. The number of carboxylic acids is 1. The van der Waals surface area contributed by atoms with Crippen molar-refractivity contribution < 1.29 is 37.1 Å². The van der Waals surface area contributed by atoms with E-state index >= 15 is 0 Å². The molecule has 1 aliphatic carbocycles. The Kier molecular flexibility index (Phi) is 6.69. The standard InChI is InChI=1S/C26H20F4N6O4/c1-12-14-5-7-19(16(14)4-3-15(12)24(39)40)34-23(38)21-9-20(35-25-32-11-33-36(21)25)22(37)31-10-13-2-6-18(27)17(8-13)26(28,29)30/h2-4,6,8-9,11,19H,5,7,10H2,1H3,(H,31,37)(H,34,38)(H,39,40)/t19-/m0/s1. The molecular formula is C26H20F4N6O4. The highest BCUT2D eigenvalue weighted by molar-refractivity contribution is 5.98. The van der Waals surface area contributed by atoms with Crippen LogP contribution in [0.4, 0.5) is 17.6 Å². The van der Waals surface area contributed by atoms with E-state index in [1.165, 1.54) is 12.1 Å². The Bertz CT molecular complexity index is 1680. The Morgan fingerprint density at radius 3 is 2.62 bits per heavy atom. The van der Waals surface area contributed by atoms with Crippen molar-refractivity contribution in [2.75, 3.05) is 0 Å². The molecule has 3 N–H and O–H groups in total. The van der Waals surface area contributed by atoms with Crippen molar-refractivity contribution in [3.8, 4) is 0 Å². The molecule has 0 saturated heterocycles. The molecule has 1 aliphatic rings. The fourth-order valence-electron chi connectivity index (χ4n) is 4.76. The van der Waals surface area contributed by atoms with Gasteiger partial charge in [0.25, 0.3) is 17.6 Å². The Morgan fingerprint density at radius 2 is 1.90 bits per heavy atom. The lowest BCUT2D eigenvalue weighted by Gasteiger charge is -2.16. The number of fused-ring (bicyclic) bond motifs is 2. The van der Waals surface area contributed by atoms with Gasteiger partial charge in [0.15, 0.2) is 0 Å². The molecule has 0 fully saturated rings. The number of amides is 2. The van der Waals surface area contributed by atoms with Crippen LogP contribution < -0.4 is 10.6 Å². The Balaban J connectivity index is 1.36. The number of carbonyl (C=O) groups excluding carboxylic acids is 2. The second-order valence-electron chi connectivity index (χ2n) is 9.17. The third-order valence-electron chi connectivity index (χ3n) is 6.74. The van der Waals surface area contributed by atoms with E-state index in [9.17, 15) is 37.1 Å². The van der Waals surface area contributed by atoms with Crippen molar-refractivity contribution in [1.29, 1.82) is 0 Å². The second kappa shape index (κ2) is 10.0. The topological polar surface area (TPSA) is 139 Å². The molecule has 2 aromatic heterocycles. The van der Waals surface area contributed by atoms with Crippen LogP contribution in [0.2, 0.25) is 0 Å². The molecule has 2 aromatic carbocycles. The lowest BCUT2D eigenvalue weighted by atomic mass is 9.98. The first-order valence-corrected chi connectivity index (χ1v) is 11.9. The van der Waals surface area contributed by atoms with Crippen LogP contribution in [0.3, 0.4) is 0 Å². The molecule has 0 radical (unpaired) electrons. The summed E-state index contributed by atoms with van der Waals surface area (Å²) in [6.45, 7) is 1.36. The highest BCUT2D eigenvalue weighted by Crippen LogP contribution is 2.35. The number of hydrogen-bond donors (Lipinski definition) is 3. The fraction of sp³-hybridized carbons (Fsp3) is 0.231. The maximum atomic E-state index is 13.6. The monoisotopic (exact) mass is 556 g/mol. The second-order valence-corrected chi connectivity index (χ2v) is 9.17. The van der Waals surface area contributed by atoms with Crippen molar-refractivity contribution in [2.45, 2.75) is 38.5 Å². The van der Waals surface area contributed by atoms with Gasteiger partial charge in [0, 0.05) is 12.6 Å². The zero-order valence-corrected chi connectivity index (χ0v) is 20.7. The van der Waals surface area contributed by atoms with Crippen LogP contribution in [0.15, 0.2) is 42.7 Å². The summed E-state index contributed by atoms with van der Waals surface area (Å²) in [5.41, 5.74) is 0.699. The highest BCUT2D eigenvalue weighted by atomic mass is 19.4. The van der Waals surface area contributed by atoms with Crippen LogP contribution in [-0.4, -0.2) is 42.5 Å². The maximum absolute atomic E-state index is 13.6. The molecule has 0 saturated carbocycles. The van der Waals surface area contributed by atoms with Crippen molar-refractivity contribution in [3.63, 3.8) is 0 Å². The molecular weight excluding hydrogens is 536 g/mol. The summed E-state index contributed by atoms with van der Waals surface area (Å²) in [4.78, 5) is 45.6. The first-order valence-electron chi connectivity index (χ1n) is 11.9. The number of carboxylic acid groups (broad SMARTS) is 1. The zero-order valence-electron chi connectivity index (χ0n) is 20.7. The molecule has 1 atom stereocenters. The summed E-state index contributed by atoms with van der Waals surface area (Å²) in [7, 11) is 0. The van der Waals surface area contributed by atoms with E-state index in [0.717, 1.165) is 28.0 Å². The van der Waals surface area contributed by atoms with Gasteiger partial charge in [-0.15, -0.1) is 0 Å². The lowest BCUT2D eigenvalue weighted by molar-refractivity contribution is -0.140. The SMILES string of the molecule is Cc1c(C(=O)O)ccc2c1CC[C@@H]2NC(=O)c1cc(C(=O)NCc2ccc(F)c(C(F)(F)F)c2)nc2ncnn12. The molecule has 0 unspecified atom stereocenters. The Hall–Kier alpha value is -4.88. The lowest BCUT2D eigenvalue weighted by Crippen LogP contribution is -2.30. The van der Waals surface area contributed by atoms with Gasteiger partial charge in [-0.05, 0) is 60.2 Å². The van der Waals surface area contributed by atoms with Gasteiger partial charge in [-0.1, -0.05) is 12.1 Å². The molecule has 0 aliphatic heterocycles. The summed E-state index contributed by atoms with van der Waals surface area (Å²) in [6.07, 6.45) is -2.67. The van der Waals surface area contributed by atoms with Crippen LogP contribution in [0.5, 0.6) is 0 Å². The number of hydrogen-bond acceptors (Lipinski definition) is 6. The predicted octanol–water partition coefficient (Wildman–Crippen LogP) is 3.64. The van der Waals surface area contributed by atoms with Crippen molar-refractivity contribution >= 4 is 23.6 Å². The van der Waals surface area contributed by atoms with Crippen LogP contribution in [0.25, 0.3) is 5.78 Å². The molecule has 206 valence electrons. The minimum absolute atomic E-state index is 0.00449. The molecule has 0 spiro atoms. The minimum atomic E-state index is -4.90. The molecule has 40 heavy (non-hydrogen) atoms. The average molecular weight is 556 g/mol. The van der Waals surface area contributed by atoms with E-state index in [0.29, 0.717) is 30.5 Å². The van der Waals surface area contributed by atoms with Gasteiger partial charge in [0.1, 0.15) is 23.5 Å². The van der Waals surface area contributed by atoms with Gasteiger partial charge in [-0.25, -0.2) is 14.2 Å². The van der Waals surface area contributed by atoms with Gasteiger partial charge < -0.3 is 15.7 Å². The minimum Gasteiger partial charge on any atom is -0.478 e. The smallest absolute Gasteiger partial charge is 0.419 e. The van der Waals surface area contributed by atoms with Gasteiger partial charge in [-0.2, -0.15) is 27.8 Å². The molecule has 4 aromatic rings. The van der Waals surface area contributed by atoms with Crippen molar-refractivity contribution in [1.82, 2.24) is 30.2 Å². The van der Waals surface area contributed by atoms with E-state index in [1.54, 1.807) is 13.0 Å². The van der Waals surface area contributed by atoms with Gasteiger partial charge >= 0.3 is 12.1 Å². The van der Waals surface area contributed by atoms with E-state index in [2.05, 4.69) is 25.7 Å². The summed E-state index contributed by atoms with van der Waals surface area (Å²) in [5, 5.41) is 18.7. The number of aromatic carboxylic acids is 1. The number of halogens is 4. The first-order chi connectivity index (χ1) is 18.9. The van der Waals surface area contributed by atoms with Crippen LogP contribution >= 0.6 is 0 Å². The number of nitrogens with zero attached hydrogens (tertiary/aromatic N) is 4. The van der Waals surface area contributed by atoms with Crippen LogP contribution in [-0.2, 0) is 19.1 Å². The number of aromatic nitrogens is 4. The van der Waals surface area contributed by atoms with Gasteiger partial charge in [0.05, 0.1) is 17.2 Å². The summed E-state index contributed by atoms with van der Waals surface area (Å²) in [6, 6.07) is 6.29. The van der Waals surface area contributed by atoms with E-state index < -0.39 is 41.4 Å². The molecule has 2 amide bonds. The number of alkyl halides is 3. The molecule has 10 nitrogen and oxygen atoms in total. The highest BCUT2D eigenvalue weighted by Gasteiger charge is 2.34. The van der Waals surface area contributed by atoms with Gasteiger partial charge in [0.2, 0.25) is 0 Å². The number of benzene rings is 2. The Labute approximate surface area is 223 Å². The fourth-order valence-corrected chi connectivity index (χ4v) is 4.76. The Morgan fingerprint density at radius 1 is 1.12 bits per heavy atom. The predicted molar refractivity (Wildman–Crippen MR) is 130 cm³/mol. The van der Waals surface area contributed by atoms with E-state index in [4.69, 9.17) is 0 Å². The number of carbonyl (C=O) groups is 3. The summed E-state index contributed by atoms with van der Waals surface area (Å²) in [5.74, 6) is -3.94. The maximum Gasteiger partial charge on any atom is 0.419 e. The van der Waals surface area contributed by atoms with Crippen LogP contribution in [0, 0.1) is 12.7 Å². The molecule has 2 heterocycles. The first kappa shape index (κ1) is 26.7. The van der Waals surface area contributed by atoms with Crippen LogP contribution in [0.1, 0.15) is 71.6 Å². The van der Waals surface area contributed by atoms with Gasteiger partial charge in [-0.3, -0.25) is 9.59 Å². The third kappa shape index (κ3) is 4.95. The molecule has 5 rings (SSSR count). The van der Waals surface area contributed by atoms with Crippen molar-refractivity contribution in [3.05, 3.63) is 93.3 Å². The molecule has 14 heteroatoms. The van der Waals surface area contributed by atoms with E-state index in [1.807, 2.05) is 0 Å². The van der Waals surface area contributed by atoms with E-state index in [-0.39, 0.29) is 34.8 Å². The summed E-state index contributed by atoms with van der Waals surface area (Å²) >= 11 is 0. The normalized spacial score (nSPS) is 14.7. The average Bonchev–Trinajstić information content (AvgIpc) is 3.54. The largest absolute Gasteiger partial charge is 0.478 e. The third-order valence-corrected chi connectivity index (χ3v) is 6.74. The molecule has 0 bridgehead atoms.